The molecule has 0 saturated carbocycles. The maximum Gasteiger partial charge on any atom is 0.225 e. The van der Waals surface area contributed by atoms with Gasteiger partial charge >= 0.3 is 0 Å². The lowest BCUT2D eigenvalue weighted by atomic mass is 10.1. The van der Waals surface area contributed by atoms with Crippen LogP contribution in [0.15, 0.2) is 55.1 Å². The molecule has 1 fully saturated rings. The zero-order chi connectivity index (χ0) is 20.1. The van der Waals surface area contributed by atoms with Crippen LogP contribution >= 0.6 is 0 Å². The fourth-order valence-electron chi connectivity index (χ4n) is 3.48. The molecule has 1 aliphatic heterocycles. The van der Waals surface area contributed by atoms with Crippen molar-refractivity contribution < 1.29 is 4.79 Å². The molecular formula is C21H25N7O. The largest absolute Gasteiger partial charge is 0.370 e. The van der Waals surface area contributed by atoms with E-state index in [2.05, 4.69) is 49.1 Å². The summed E-state index contributed by atoms with van der Waals surface area (Å²) in [5.74, 6) is 0.497. The van der Waals surface area contributed by atoms with E-state index in [-0.39, 0.29) is 5.91 Å². The van der Waals surface area contributed by atoms with Crippen LogP contribution in [0.1, 0.15) is 12.0 Å². The Kier molecular flexibility index (Phi) is 5.81. The molecular weight excluding hydrogens is 366 g/mol. The van der Waals surface area contributed by atoms with Gasteiger partial charge in [-0.25, -0.2) is 9.97 Å². The second kappa shape index (κ2) is 8.83. The molecule has 0 unspecified atom stereocenters. The summed E-state index contributed by atoms with van der Waals surface area (Å²) in [6, 6.07) is 10.4. The van der Waals surface area contributed by atoms with Gasteiger partial charge in [-0.3, -0.25) is 14.4 Å². The van der Waals surface area contributed by atoms with Gasteiger partial charge in [0.1, 0.15) is 0 Å². The monoisotopic (exact) mass is 391 g/mol. The molecule has 1 aliphatic rings. The van der Waals surface area contributed by atoms with Crippen LogP contribution in [-0.4, -0.2) is 56.7 Å². The molecule has 3 heterocycles. The van der Waals surface area contributed by atoms with Crippen molar-refractivity contribution in [3.05, 3.63) is 60.7 Å². The summed E-state index contributed by atoms with van der Waals surface area (Å²) >= 11 is 0. The summed E-state index contributed by atoms with van der Waals surface area (Å²) in [6.07, 6.45) is 7.64. The minimum absolute atomic E-state index is 0.295. The molecule has 8 heteroatoms. The quantitative estimate of drug-likeness (QED) is 0.657. The van der Waals surface area contributed by atoms with Crippen molar-refractivity contribution in [3.63, 3.8) is 0 Å². The molecule has 4 rings (SSSR count). The first-order valence-electron chi connectivity index (χ1n) is 9.82. The van der Waals surface area contributed by atoms with Crippen molar-refractivity contribution in [2.45, 2.75) is 19.5 Å². The van der Waals surface area contributed by atoms with Crippen molar-refractivity contribution in [2.75, 3.05) is 31.1 Å². The molecule has 2 aromatic heterocycles. The Morgan fingerprint density at radius 3 is 2.41 bits per heavy atom. The number of primary amides is 1. The van der Waals surface area contributed by atoms with Crippen LogP contribution in [0.4, 0.5) is 5.95 Å². The molecule has 0 bridgehead atoms. The topological polar surface area (TPSA) is 93.2 Å². The van der Waals surface area contributed by atoms with Gasteiger partial charge < -0.3 is 10.6 Å². The van der Waals surface area contributed by atoms with Gasteiger partial charge in [0.15, 0.2) is 0 Å². The summed E-state index contributed by atoms with van der Waals surface area (Å²) in [6.45, 7) is 5.30. The third-order valence-corrected chi connectivity index (χ3v) is 5.12. The highest BCUT2D eigenvalue weighted by Crippen LogP contribution is 2.20. The van der Waals surface area contributed by atoms with Crippen LogP contribution in [0, 0.1) is 0 Å². The van der Waals surface area contributed by atoms with Gasteiger partial charge in [-0.15, -0.1) is 0 Å². The maximum absolute atomic E-state index is 10.9. The van der Waals surface area contributed by atoms with Gasteiger partial charge in [-0.05, 0) is 17.2 Å². The fraction of sp³-hybridized carbons (Fsp3) is 0.333. The van der Waals surface area contributed by atoms with Crippen LogP contribution in [0.5, 0.6) is 0 Å². The average molecular weight is 391 g/mol. The Morgan fingerprint density at radius 1 is 1.00 bits per heavy atom. The summed E-state index contributed by atoms with van der Waals surface area (Å²) in [5, 5.41) is 4.30. The number of rotatable bonds is 7. The van der Waals surface area contributed by atoms with Gasteiger partial charge in [0.05, 0.1) is 6.20 Å². The molecule has 150 valence electrons. The molecule has 8 nitrogen and oxygen atoms in total. The first-order chi connectivity index (χ1) is 14.2. The summed E-state index contributed by atoms with van der Waals surface area (Å²) in [7, 11) is 0. The second-order valence-electron chi connectivity index (χ2n) is 7.22. The van der Waals surface area contributed by atoms with Crippen LogP contribution in [0.2, 0.25) is 0 Å². The van der Waals surface area contributed by atoms with Crippen molar-refractivity contribution in [1.29, 1.82) is 0 Å². The van der Waals surface area contributed by atoms with Crippen molar-refractivity contribution in [3.8, 4) is 11.1 Å². The number of amides is 1. The lowest BCUT2D eigenvalue weighted by Crippen LogP contribution is -2.46. The summed E-state index contributed by atoms with van der Waals surface area (Å²) < 4.78 is 1.75. The van der Waals surface area contributed by atoms with E-state index >= 15 is 0 Å². The van der Waals surface area contributed by atoms with Crippen LogP contribution < -0.4 is 10.6 Å². The maximum atomic E-state index is 10.9. The Balaban J connectivity index is 1.30. The van der Waals surface area contributed by atoms with Crippen molar-refractivity contribution in [1.82, 2.24) is 24.6 Å². The number of benzene rings is 1. The first kappa shape index (κ1) is 19.1. The Morgan fingerprint density at radius 2 is 1.72 bits per heavy atom. The smallest absolute Gasteiger partial charge is 0.225 e. The number of nitrogens with zero attached hydrogens (tertiary/aromatic N) is 6. The van der Waals surface area contributed by atoms with Gasteiger partial charge in [-0.2, -0.15) is 5.10 Å². The molecule has 1 aromatic carbocycles. The Labute approximate surface area is 170 Å². The number of carbonyl (C=O) groups is 1. The zero-order valence-corrected chi connectivity index (χ0v) is 16.3. The predicted octanol–water partition coefficient (Wildman–Crippen LogP) is 1.54. The van der Waals surface area contributed by atoms with E-state index in [1.54, 1.807) is 17.1 Å². The highest BCUT2D eigenvalue weighted by atomic mass is 16.1. The lowest BCUT2D eigenvalue weighted by Gasteiger charge is -2.34. The van der Waals surface area contributed by atoms with Gasteiger partial charge in [0.25, 0.3) is 0 Å². The van der Waals surface area contributed by atoms with E-state index in [0.29, 0.717) is 13.0 Å². The number of hydrogen-bond donors (Lipinski definition) is 1. The minimum Gasteiger partial charge on any atom is -0.370 e. The normalized spacial score (nSPS) is 14.8. The number of aromatic nitrogens is 4. The molecule has 1 amide bonds. The van der Waals surface area contributed by atoms with Crippen LogP contribution in [0.3, 0.4) is 0 Å². The SMILES string of the molecule is NC(=O)CCn1cc(-c2ccc(CN3CCN(c4ncccn4)CC3)cc2)cn1. The van der Waals surface area contributed by atoms with Gasteiger partial charge in [0, 0.05) is 69.8 Å². The molecule has 2 N–H and O–H groups in total. The number of aryl methyl sites for hydroxylation is 1. The molecule has 29 heavy (non-hydrogen) atoms. The Hall–Kier alpha value is -3.26. The molecule has 0 spiro atoms. The van der Waals surface area contributed by atoms with Crippen molar-refractivity contribution >= 4 is 11.9 Å². The van der Waals surface area contributed by atoms with E-state index in [1.807, 2.05) is 18.5 Å². The van der Waals surface area contributed by atoms with E-state index in [4.69, 9.17) is 5.73 Å². The lowest BCUT2D eigenvalue weighted by molar-refractivity contribution is -0.118. The number of carbonyl (C=O) groups excluding carboxylic acids is 1. The molecule has 0 atom stereocenters. The fourth-order valence-corrected chi connectivity index (χ4v) is 3.48. The molecule has 1 saturated heterocycles. The van der Waals surface area contributed by atoms with E-state index in [1.165, 1.54) is 5.56 Å². The summed E-state index contributed by atoms with van der Waals surface area (Å²) in [4.78, 5) is 24.3. The van der Waals surface area contributed by atoms with Crippen molar-refractivity contribution in [2.24, 2.45) is 5.73 Å². The number of hydrogen-bond acceptors (Lipinski definition) is 6. The van der Waals surface area contributed by atoms with E-state index < -0.39 is 0 Å². The summed E-state index contributed by atoms with van der Waals surface area (Å²) in [5.41, 5.74) is 8.64. The number of anilines is 1. The molecule has 0 aliphatic carbocycles. The Bertz CT molecular complexity index is 931. The third kappa shape index (κ3) is 4.97. The standard InChI is InChI=1S/C21H25N7O/c22-20(29)6-9-28-16-19(14-25-28)18-4-2-17(3-5-18)15-26-10-12-27(13-11-26)21-23-7-1-8-24-21/h1-5,7-8,14,16H,6,9-13,15H2,(H2,22,29). The van der Waals surface area contributed by atoms with E-state index in [9.17, 15) is 4.79 Å². The van der Waals surface area contributed by atoms with Crippen LogP contribution in [0.25, 0.3) is 11.1 Å². The van der Waals surface area contributed by atoms with Gasteiger partial charge in [-0.1, -0.05) is 24.3 Å². The zero-order valence-electron chi connectivity index (χ0n) is 16.3. The molecule has 0 radical (unpaired) electrons. The minimum atomic E-state index is -0.316. The van der Waals surface area contributed by atoms with Gasteiger partial charge in [0.2, 0.25) is 11.9 Å². The van der Waals surface area contributed by atoms with Crippen LogP contribution in [-0.2, 0) is 17.9 Å². The molecule has 3 aromatic rings. The third-order valence-electron chi connectivity index (χ3n) is 5.12. The first-order valence-corrected chi connectivity index (χ1v) is 9.82. The highest BCUT2D eigenvalue weighted by molar-refractivity contribution is 5.73. The average Bonchev–Trinajstić information content (AvgIpc) is 3.23. The second-order valence-corrected chi connectivity index (χ2v) is 7.22. The number of nitrogens with two attached hydrogens (primary N) is 1. The highest BCUT2D eigenvalue weighted by Gasteiger charge is 2.18. The van der Waals surface area contributed by atoms with E-state index in [0.717, 1.165) is 49.8 Å². The number of piperazine rings is 1. The predicted molar refractivity (Wildman–Crippen MR) is 111 cm³/mol.